The summed E-state index contributed by atoms with van der Waals surface area (Å²) in [7, 11) is 1.43. The Labute approximate surface area is 201 Å². The predicted octanol–water partition coefficient (Wildman–Crippen LogP) is 3.89. The number of carbonyl (C=O) groups is 2. The van der Waals surface area contributed by atoms with Gasteiger partial charge in [-0.1, -0.05) is 60.7 Å². The van der Waals surface area contributed by atoms with E-state index in [2.05, 4.69) is 10.5 Å². The number of nitrogens with one attached hydrogen (secondary N) is 1. The van der Waals surface area contributed by atoms with Crippen molar-refractivity contribution < 1.29 is 28.6 Å². The Morgan fingerprint density at radius 2 is 1.57 bits per heavy atom. The van der Waals surface area contributed by atoms with Crippen molar-refractivity contribution in [3.8, 4) is 11.5 Å². The van der Waals surface area contributed by atoms with Gasteiger partial charge < -0.3 is 19.0 Å². The van der Waals surface area contributed by atoms with Crippen molar-refractivity contribution in [1.82, 2.24) is 5.43 Å². The summed E-state index contributed by atoms with van der Waals surface area (Å²) in [4.78, 5) is 25.2. The summed E-state index contributed by atoms with van der Waals surface area (Å²) in [5.41, 5.74) is 1.84. The Kier molecular flexibility index (Phi) is 7.04. The van der Waals surface area contributed by atoms with Crippen LogP contribution >= 0.6 is 0 Å². The number of furan rings is 1. The van der Waals surface area contributed by atoms with E-state index in [9.17, 15) is 14.7 Å². The average Bonchev–Trinajstić information content (AvgIpc) is 3.45. The van der Waals surface area contributed by atoms with Crippen LogP contribution in [0.1, 0.15) is 27.2 Å². The standard InChI is InChI=1S/C27H22N2O6/c1-33-24-17-19(14-15-22(24)35-25(30)23-13-8-16-34-23)18-28-29-26(31)27(32,20-9-4-2-5-10-20)21-11-6-3-7-12-21/h2-18,32H,1H3,(H,29,31)/b28-18+. The second-order valence-electron chi connectivity index (χ2n) is 7.42. The van der Waals surface area contributed by atoms with E-state index < -0.39 is 17.5 Å². The lowest BCUT2D eigenvalue weighted by atomic mass is 9.85. The number of methoxy groups -OCH3 is 1. The summed E-state index contributed by atoms with van der Waals surface area (Å²) >= 11 is 0. The lowest BCUT2D eigenvalue weighted by Gasteiger charge is -2.27. The van der Waals surface area contributed by atoms with Crippen LogP contribution in [0.5, 0.6) is 11.5 Å². The lowest BCUT2D eigenvalue weighted by molar-refractivity contribution is -0.136. The quantitative estimate of drug-likeness (QED) is 0.175. The third kappa shape index (κ3) is 5.13. The summed E-state index contributed by atoms with van der Waals surface area (Å²) < 4.78 is 15.7. The highest BCUT2D eigenvalue weighted by molar-refractivity contribution is 5.91. The molecule has 2 N–H and O–H groups in total. The number of aliphatic hydroxyl groups is 1. The van der Waals surface area contributed by atoms with Crippen molar-refractivity contribution in [3.63, 3.8) is 0 Å². The number of amides is 1. The zero-order valence-corrected chi connectivity index (χ0v) is 18.8. The van der Waals surface area contributed by atoms with Crippen LogP contribution in [0.25, 0.3) is 0 Å². The van der Waals surface area contributed by atoms with Gasteiger partial charge in [-0.3, -0.25) is 4.79 Å². The fourth-order valence-corrected chi connectivity index (χ4v) is 3.43. The van der Waals surface area contributed by atoms with E-state index in [1.54, 1.807) is 78.9 Å². The monoisotopic (exact) mass is 470 g/mol. The molecule has 0 aliphatic rings. The highest BCUT2D eigenvalue weighted by Crippen LogP contribution is 2.30. The topological polar surface area (TPSA) is 110 Å². The van der Waals surface area contributed by atoms with Gasteiger partial charge in [0, 0.05) is 0 Å². The number of hydrogen-bond acceptors (Lipinski definition) is 7. The minimum Gasteiger partial charge on any atom is -0.493 e. The number of ether oxygens (including phenoxy) is 2. The van der Waals surface area contributed by atoms with E-state index in [4.69, 9.17) is 13.9 Å². The molecule has 0 bridgehead atoms. The second-order valence-corrected chi connectivity index (χ2v) is 7.42. The molecular weight excluding hydrogens is 448 g/mol. The summed E-state index contributed by atoms with van der Waals surface area (Å²) in [6, 6.07) is 25.1. The molecule has 0 radical (unpaired) electrons. The summed E-state index contributed by atoms with van der Waals surface area (Å²) in [6.45, 7) is 0. The first kappa shape index (κ1) is 23.5. The van der Waals surface area contributed by atoms with Gasteiger partial charge in [0.25, 0.3) is 5.91 Å². The van der Waals surface area contributed by atoms with E-state index in [1.807, 2.05) is 0 Å². The molecule has 1 aromatic heterocycles. The third-order valence-electron chi connectivity index (χ3n) is 5.20. The molecule has 176 valence electrons. The smallest absolute Gasteiger partial charge is 0.379 e. The molecule has 0 saturated heterocycles. The second kappa shape index (κ2) is 10.5. The van der Waals surface area contributed by atoms with Crippen LogP contribution < -0.4 is 14.9 Å². The van der Waals surface area contributed by atoms with Crippen molar-refractivity contribution in [2.45, 2.75) is 5.60 Å². The lowest BCUT2D eigenvalue weighted by Crippen LogP contribution is -2.43. The molecule has 3 aromatic carbocycles. The van der Waals surface area contributed by atoms with Crippen molar-refractivity contribution in [3.05, 3.63) is 120 Å². The van der Waals surface area contributed by atoms with E-state index >= 15 is 0 Å². The molecule has 8 nitrogen and oxygen atoms in total. The number of nitrogens with zero attached hydrogens (tertiary/aromatic N) is 1. The van der Waals surface area contributed by atoms with Crippen LogP contribution in [-0.4, -0.2) is 30.3 Å². The maximum Gasteiger partial charge on any atom is 0.379 e. The number of rotatable bonds is 8. The molecule has 0 saturated carbocycles. The normalized spacial score (nSPS) is 11.3. The average molecular weight is 470 g/mol. The minimum absolute atomic E-state index is 0.0599. The number of esters is 1. The van der Waals surface area contributed by atoms with Crippen LogP contribution in [0.4, 0.5) is 0 Å². The van der Waals surface area contributed by atoms with Gasteiger partial charge in [-0.2, -0.15) is 5.10 Å². The van der Waals surface area contributed by atoms with Gasteiger partial charge in [0.05, 0.1) is 19.6 Å². The predicted molar refractivity (Wildman–Crippen MR) is 128 cm³/mol. The SMILES string of the molecule is COc1cc(/C=N/NC(=O)C(O)(c2ccccc2)c2ccccc2)ccc1OC(=O)c1ccco1. The van der Waals surface area contributed by atoms with E-state index in [0.717, 1.165) is 0 Å². The minimum atomic E-state index is -1.94. The van der Waals surface area contributed by atoms with E-state index in [-0.39, 0.29) is 17.3 Å². The van der Waals surface area contributed by atoms with Gasteiger partial charge in [-0.15, -0.1) is 0 Å². The van der Waals surface area contributed by atoms with Crippen LogP contribution in [-0.2, 0) is 10.4 Å². The van der Waals surface area contributed by atoms with Crippen LogP contribution in [0, 0.1) is 0 Å². The maximum absolute atomic E-state index is 13.1. The van der Waals surface area contributed by atoms with Gasteiger partial charge in [-0.05, 0) is 47.0 Å². The van der Waals surface area contributed by atoms with Crippen molar-refractivity contribution in [2.24, 2.45) is 5.10 Å². The highest BCUT2D eigenvalue weighted by atomic mass is 16.6. The summed E-state index contributed by atoms with van der Waals surface area (Å²) in [6.07, 6.45) is 2.76. The third-order valence-corrected chi connectivity index (χ3v) is 5.20. The Morgan fingerprint density at radius 3 is 2.14 bits per heavy atom. The van der Waals surface area contributed by atoms with Gasteiger partial charge in [0.15, 0.2) is 17.1 Å². The molecule has 0 atom stereocenters. The van der Waals surface area contributed by atoms with Crippen LogP contribution in [0.2, 0.25) is 0 Å². The molecular formula is C27H22N2O6. The molecule has 0 aliphatic heterocycles. The van der Waals surface area contributed by atoms with Crippen LogP contribution in [0.3, 0.4) is 0 Å². The largest absolute Gasteiger partial charge is 0.493 e. The summed E-state index contributed by atoms with van der Waals surface area (Å²) in [5, 5.41) is 15.4. The maximum atomic E-state index is 13.1. The molecule has 0 unspecified atom stereocenters. The fraction of sp³-hybridized carbons (Fsp3) is 0.0741. The number of benzene rings is 3. The Bertz CT molecular complexity index is 1280. The molecule has 0 spiro atoms. The first-order chi connectivity index (χ1) is 17.0. The van der Waals surface area contributed by atoms with Crippen LogP contribution in [0.15, 0.2) is 107 Å². The van der Waals surface area contributed by atoms with Gasteiger partial charge in [0.1, 0.15) is 0 Å². The molecule has 35 heavy (non-hydrogen) atoms. The summed E-state index contributed by atoms with van der Waals surface area (Å²) in [5.74, 6) is -0.849. The first-order valence-corrected chi connectivity index (χ1v) is 10.6. The molecule has 0 fully saturated rings. The zero-order chi connectivity index (χ0) is 24.7. The van der Waals surface area contributed by atoms with Crippen molar-refractivity contribution in [2.75, 3.05) is 7.11 Å². The molecule has 0 aliphatic carbocycles. The highest BCUT2D eigenvalue weighted by Gasteiger charge is 2.39. The van der Waals surface area contributed by atoms with E-state index in [1.165, 1.54) is 31.7 Å². The fourth-order valence-electron chi connectivity index (χ4n) is 3.43. The van der Waals surface area contributed by atoms with Gasteiger partial charge in [0.2, 0.25) is 5.76 Å². The van der Waals surface area contributed by atoms with Crippen molar-refractivity contribution in [1.29, 1.82) is 0 Å². The molecule has 1 amide bonds. The van der Waals surface area contributed by atoms with Crippen molar-refractivity contribution >= 4 is 18.1 Å². The Hall–Kier alpha value is -4.69. The molecule has 4 rings (SSSR count). The van der Waals surface area contributed by atoms with Gasteiger partial charge >= 0.3 is 5.97 Å². The number of carbonyl (C=O) groups excluding carboxylic acids is 2. The Balaban J connectivity index is 1.51. The number of hydrazone groups is 1. The van der Waals surface area contributed by atoms with E-state index in [0.29, 0.717) is 16.7 Å². The number of hydrogen-bond donors (Lipinski definition) is 2. The molecule has 4 aromatic rings. The molecule has 1 heterocycles. The van der Waals surface area contributed by atoms with Gasteiger partial charge in [-0.25, -0.2) is 10.2 Å². The zero-order valence-electron chi connectivity index (χ0n) is 18.8. The first-order valence-electron chi connectivity index (χ1n) is 10.6. The molecule has 8 heteroatoms. The Morgan fingerprint density at radius 1 is 0.914 bits per heavy atom.